The molecule has 0 radical (unpaired) electrons. The summed E-state index contributed by atoms with van der Waals surface area (Å²) in [5.41, 5.74) is 7.27. The van der Waals surface area contributed by atoms with Gasteiger partial charge < -0.3 is 5.73 Å². The lowest BCUT2D eigenvalue weighted by atomic mass is 10.0. The van der Waals surface area contributed by atoms with Crippen molar-refractivity contribution in [3.05, 3.63) is 42.2 Å². The van der Waals surface area contributed by atoms with Crippen molar-refractivity contribution in [2.45, 2.75) is 32.2 Å². The second-order valence-corrected chi connectivity index (χ2v) is 5.39. The van der Waals surface area contributed by atoms with Crippen LogP contribution in [0.25, 0.3) is 10.8 Å². The molecule has 0 aliphatic heterocycles. The van der Waals surface area contributed by atoms with E-state index in [1.807, 2.05) is 12.4 Å². The molecule has 2 aromatic rings. The van der Waals surface area contributed by atoms with Crippen molar-refractivity contribution in [1.82, 2.24) is 9.88 Å². The average molecular weight is 271 g/mol. The Morgan fingerprint density at radius 3 is 2.75 bits per heavy atom. The predicted octanol–water partition coefficient (Wildman–Crippen LogP) is 3.36. The van der Waals surface area contributed by atoms with Gasteiger partial charge in [-0.15, -0.1) is 0 Å². The van der Waals surface area contributed by atoms with Crippen molar-refractivity contribution >= 4 is 10.8 Å². The molecule has 3 heteroatoms. The van der Waals surface area contributed by atoms with Gasteiger partial charge in [0.25, 0.3) is 0 Å². The third-order valence-corrected chi connectivity index (χ3v) is 3.93. The molecule has 0 amide bonds. The fourth-order valence-electron chi connectivity index (χ4n) is 2.72. The molecule has 1 heterocycles. The molecule has 1 atom stereocenters. The summed E-state index contributed by atoms with van der Waals surface area (Å²) in [6, 6.07) is 8.64. The summed E-state index contributed by atoms with van der Waals surface area (Å²) in [7, 11) is 2.16. The first-order valence-corrected chi connectivity index (χ1v) is 7.51. The number of likely N-dealkylation sites (N-methyl/N-ethyl adjacent to an activating group) is 1. The highest BCUT2D eigenvalue weighted by Gasteiger charge is 2.17. The number of nitrogens with two attached hydrogens (primary N) is 1. The van der Waals surface area contributed by atoms with Crippen molar-refractivity contribution in [3.8, 4) is 0 Å². The zero-order valence-corrected chi connectivity index (χ0v) is 12.5. The van der Waals surface area contributed by atoms with Crippen LogP contribution in [0.3, 0.4) is 0 Å². The minimum Gasteiger partial charge on any atom is -0.329 e. The SMILES string of the molecule is CCCCCN(C)C(CN)c1cncc2ccccc12. The number of hydrogen-bond donors (Lipinski definition) is 1. The Bertz CT molecular complexity index is 533. The van der Waals surface area contributed by atoms with Crippen LogP contribution in [-0.4, -0.2) is 30.0 Å². The fraction of sp³-hybridized carbons (Fsp3) is 0.471. The summed E-state index contributed by atoms with van der Waals surface area (Å²) in [6.45, 7) is 3.94. The second kappa shape index (κ2) is 7.36. The van der Waals surface area contributed by atoms with Gasteiger partial charge in [-0.2, -0.15) is 0 Å². The van der Waals surface area contributed by atoms with Crippen LogP contribution in [0.1, 0.15) is 37.8 Å². The molecule has 1 aromatic carbocycles. The van der Waals surface area contributed by atoms with E-state index < -0.39 is 0 Å². The Balaban J connectivity index is 2.25. The van der Waals surface area contributed by atoms with Crippen LogP contribution in [0.15, 0.2) is 36.7 Å². The zero-order chi connectivity index (χ0) is 14.4. The number of hydrogen-bond acceptors (Lipinski definition) is 3. The molecule has 0 aliphatic carbocycles. The molecule has 0 aliphatic rings. The van der Waals surface area contributed by atoms with E-state index in [1.165, 1.54) is 35.6 Å². The van der Waals surface area contributed by atoms with Crippen LogP contribution in [0.2, 0.25) is 0 Å². The van der Waals surface area contributed by atoms with E-state index in [0.29, 0.717) is 6.54 Å². The second-order valence-electron chi connectivity index (χ2n) is 5.39. The smallest absolute Gasteiger partial charge is 0.0488 e. The van der Waals surface area contributed by atoms with E-state index in [0.717, 1.165) is 6.54 Å². The first kappa shape index (κ1) is 14.9. The van der Waals surface area contributed by atoms with Crippen LogP contribution < -0.4 is 5.73 Å². The molecule has 108 valence electrons. The first-order valence-electron chi connectivity index (χ1n) is 7.51. The molecule has 0 bridgehead atoms. The Kier molecular flexibility index (Phi) is 5.50. The van der Waals surface area contributed by atoms with Crippen molar-refractivity contribution < 1.29 is 0 Å². The topological polar surface area (TPSA) is 42.1 Å². The predicted molar refractivity (Wildman–Crippen MR) is 85.7 cm³/mol. The maximum atomic E-state index is 6.03. The molecule has 20 heavy (non-hydrogen) atoms. The molecular formula is C17H25N3. The average Bonchev–Trinajstić information content (AvgIpc) is 2.48. The molecule has 3 nitrogen and oxygen atoms in total. The van der Waals surface area contributed by atoms with Gasteiger partial charge in [-0.1, -0.05) is 44.0 Å². The summed E-state index contributed by atoms with van der Waals surface area (Å²) in [6.07, 6.45) is 7.63. The Morgan fingerprint density at radius 2 is 2.00 bits per heavy atom. The minimum atomic E-state index is 0.241. The van der Waals surface area contributed by atoms with Crippen molar-refractivity contribution in [3.63, 3.8) is 0 Å². The Morgan fingerprint density at radius 1 is 1.20 bits per heavy atom. The van der Waals surface area contributed by atoms with Crippen LogP contribution in [0.5, 0.6) is 0 Å². The highest BCUT2D eigenvalue weighted by Crippen LogP contribution is 2.26. The summed E-state index contributed by atoms with van der Waals surface area (Å²) in [5, 5.41) is 2.45. The highest BCUT2D eigenvalue weighted by molar-refractivity contribution is 5.85. The summed E-state index contributed by atoms with van der Waals surface area (Å²) >= 11 is 0. The van der Waals surface area contributed by atoms with E-state index in [4.69, 9.17) is 5.73 Å². The molecule has 1 unspecified atom stereocenters. The van der Waals surface area contributed by atoms with Gasteiger partial charge in [0.05, 0.1) is 0 Å². The van der Waals surface area contributed by atoms with E-state index in [2.05, 4.69) is 48.1 Å². The summed E-state index contributed by atoms with van der Waals surface area (Å²) < 4.78 is 0. The van der Waals surface area contributed by atoms with Gasteiger partial charge in [0.1, 0.15) is 0 Å². The molecule has 0 saturated heterocycles. The zero-order valence-electron chi connectivity index (χ0n) is 12.5. The number of fused-ring (bicyclic) bond motifs is 1. The summed E-state index contributed by atoms with van der Waals surface area (Å²) in [5.74, 6) is 0. The maximum Gasteiger partial charge on any atom is 0.0488 e. The van der Waals surface area contributed by atoms with Crippen LogP contribution >= 0.6 is 0 Å². The lowest BCUT2D eigenvalue weighted by Gasteiger charge is -2.28. The van der Waals surface area contributed by atoms with E-state index >= 15 is 0 Å². The van der Waals surface area contributed by atoms with E-state index in [-0.39, 0.29) is 6.04 Å². The number of rotatable bonds is 7. The fourth-order valence-corrected chi connectivity index (χ4v) is 2.72. The van der Waals surface area contributed by atoms with Gasteiger partial charge in [-0.05, 0) is 31.0 Å². The molecule has 2 N–H and O–H groups in total. The van der Waals surface area contributed by atoms with Gasteiger partial charge >= 0.3 is 0 Å². The van der Waals surface area contributed by atoms with Crippen molar-refractivity contribution in [2.75, 3.05) is 20.1 Å². The minimum absolute atomic E-state index is 0.241. The third kappa shape index (κ3) is 3.35. The van der Waals surface area contributed by atoms with Gasteiger partial charge in [-0.25, -0.2) is 0 Å². The molecule has 2 rings (SSSR count). The van der Waals surface area contributed by atoms with Gasteiger partial charge in [0, 0.05) is 30.4 Å². The van der Waals surface area contributed by atoms with Gasteiger partial charge in [-0.3, -0.25) is 9.88 Å². The van der Waals surface area contributed by atoms with Crippen LogP contribution in [0.4, 0.5) is 0 Å². The summed E-state index contributed by atoms with van der Waals surface area (Å²) in [4.78, 5) is 6.74. The number of pyridine rings is 1. The highest BCUT2D eigenvalue weighted by atomic mass is 15.1. The lowest BCUT2D eigenvalue weighted by molar-refractivity contribution is 0.246. The Labute approximate surface area is 121 Å². The van der Waals surface area contributed by atoms with E-state index in [1.54, 1.807) is 0 Å². The first-order chi connectivity index (χ1) is 9.77. The van der Waals surface area contributed by atoms with E-state index in [9.17, 15) is 0 Å². The van der Waals surface area contributed by atoms with Crippen LogP contribution in [-0.2, 0) is 0 Å². The Hall–Kier alpha value is -1.45. The van der Waals surface area contributed by atoms with Crippen molar-refractivity contribution in [1.29, 1.82) is 0 Å². The molecular weight excluding hydrogens is 246 g/mol. The maximum absolute atomic E-state index is 6.03. The van der Waals surface area contributed by atoms with Crippen LogP contribution in [0, 0.1) is 0 Å². The van der Waals surface area contributed by atoms with Crippen molar-refractivity contribution in [2.24, 2.45) is 5.73 Å². The number of benzene rings is 1. The molecule has 1 aromatic heterocycles. The normalized spacial score (nSPS) is 13.0. The molecule has 0 spiro atoms. The number of nitrogens with zero attached hydrogens (tertiary/aromatic N) is 2. The third-order valence-electron chi connectivity index (χ3n) is 3.93. The number of unbranched alkanes of at least 4 members (excludes halogenated alkanes) is 2. The monoisotopic (exact) mass is 271 g/mol. The quantitative estimate of drug-likeness (QED) is 0.785. The largest absolute Gasteiger partial charge is 0.329 e. The number of aromatic nitrogens is 1. The lowest BCUT2D eigenvalue weighted by Crippen LogP contribution is -2.31. The standard InChI is InChI=1S/C17H25N3/c1-3-4-7-10-20(2)17(11-18)16-13-19-12-14-8-5-6-9-15(14)16/h5-6,8-9,12-13,17H,3-4,7,10-11,18H2,1-2H3. The van der Waals surface area contributed by atoms with Gasteiger partial charge in [0.15, 0.2) is 0 Å². The van der Waals surface area contributed by atoms with Gasteiger partial charge in [0.2, 0.25) is 0 Å². The molecule has 0 saturated carbocycles. The molecule has 0 fully saturated rings.